The van der Waals surface area contributed by atoms with E-state index in [-0.39, 0.29) is 25.0 Å². The number of hydrogen-bond donors (Lipinski definition) is 7. The van der Waals surface area contributed by atoms with Crippen molar-refractivity contribution in [2.75, 3.05) is 12.0 Å². The molecule has 0 bridgehead atoms. The molecule has 0 aromatic heterocycles. The summed E-state index contributed by atoms with van der Waals surface area (Å²) in [6, 6.07) is 1.22. The maximum absolute atomic E-state index is 12.9. The van der Waals surface area contributed by atoms with Crippen molar-refractivity contribution in [2.24, 2.45) is 5.73 Å². The smallest absolute Gasteiger partial charge is 0.326 e. The second-order valence-corrected chi connectivity index (χ2v) is 8.88. The summed E-state index contributed by atoms with van der Waals surface area (Å²) in [7, 11) is 0. The van der Waals surface area contributed by atoms with Crippen molar-refractivity contribution in [1.29, 1.82) is 0 Å². The standard InChI is InChI=1S/C22H32N4O8S/c1-12(23)19(30)24-15(7-8-18(28)29)20(31)25-16(9-10-35-2)21(32)26-17(22(33)34)11-13-3-5-14(27)6-4-13/h3-6,12,15-17,27H,7-11,23H2,1-2H3,(H,24,30)(H,25,31)(H,26,32)(H,28,29)(H,33,34). The van der Waals surface area contributed by atoms with E-state index in [0.29, 0.717) is 11.3 Å². The van der Waals surface area contributed by atoms with Gasteiger partial charge in [0, 0.05) is 12.8 Å². The molecule has 0 aliphatic heterocycles. The van der Waals surface area contributed by atoms with Crippen molar-refractivity contribution >= 4 is 41.4 Å². The van der Waals surface area contributed by atoms with Crippen LogP contribution in [0.3, 0.4) is 0 Å². The molecule has 0 radical (unpaired) electrons. The average Bonchev–Trinajstić information content (AvgIpc) is 2.79. The highest BCUT2D eigenvalue weighted by molar-refractivity contribution is 7.98. The van der Waals surface area contributed by atoms with Crippen molar-refractivity contribution in [2.45, 2.75) is 56.8 Å². The van der Waals surface area contributed by atoms with Gasteiger partial charge < -0.3 is 37.0 Å². The van der Waals surface area contributed by atoms with Crippen LogP contribution >= 0.6 is 11.8 Å². The number of aromatic hydroxyl groups is 1. The number of thioether (sulfide) groups is 1. The Labute approximate surface area is 207 Å². The SMILES string of the molecule is CSCCC(NC(=O)C(CCC(=O)O)NC(=O)C(C)N)C(=O)NC(Cc1ccc(O)cc1)C(=O)O. The largest absolute Gasteiger partial charge is 0.508 e. The average molecular weight is 513 g/mol. The number of carboxylic acids is 2. The molecule has 4 atom stereocenters. The highest BCUT2D eigenvalue weighted by Gasteiger charge is 2.30. The Morgan fingerprint density at radius 3 is 1.89 bits per heavy atom. The fraction of sp³-hybridized carbons (Fsp3) is 0.500. The molecule has 4 unspecified atom stereocenters. The first-order valence-corrected chi connectivity index (χ1v) is 12.2. The van der Waals surface area contributed by atoms with Crippen molar-refractivity contribution in [3.05, 3.63) is 29.8 Å². The number of hydrogen-bond acceptors (Lipinski definition) is 8. The summed E-state index contributed by atoms with van der Waals surface area (Å²) in [5.41, 5.74) is 6.08. The third kappa shape index (κ3) is 11.1. The van der Waals surface area contributed by atoms with E-state index >= 15 is 0 Å². The third-order valence-corrected chi connectivity index (χ3v) is 5.57. The van der Waals surface area contributed by atoms with Gasteiger partial charge >= 0.3 is 11.9 Å². The van der Waals surface area contributed by atoms with Crippen LogP contribution in [-0.2, 0) is 30.4 Å². The number of benzene rings is 1. The first-order valence-electron chi connectivity index (χ1n) is 10.8. The van der Waals surface area contributed by atoms with Crippen LogP contribution in [0.4, 0.5) is 0 Å². The van der Waals surface area contributed by atoms with Gasteiger partial charge in [-0.3, -0.25) is 19.2 Å². The molecule has 3 amide bonds. The molecule has 1 rings (SSSR count). The monoisotopic (exact) mass is 512 g/mol. The van der Waals surface area contributed by atoms with Crippen LogP contribution in [0.25, 0.3) is 0 Å². The number of carbonyl (C=O) groups is 5. The lowest BCUT2D eigenvalue weighted by molar-refractivity contribution is -0.142. The molecule has 0 aliphatic rings. The molecular weight excluding hydrogens is 480 g/mol. The summed E-state index contributed by atoms with van der Waals surface area (Å²) in [5.74, 6) is -4.18. The number of phenolic OH excluding ortho intramolecular Hbond substituents is 1. The molecule has 8 N–H and O–H groups in total. The summed E-state index contributed by atoms with van der Waals surface area (Å²) in [5, 5.41) is 35.2. The van der Waals surface area contributed by atoms with Gasteiger partial charge in [-0.05, 0) is 49.5 Å². The normalized spacial score (nSPS) is 14.1. The summed E-state index contributed by atoms with van der Waals surface area (Å²) in [6.07, 6.45) is 1.26. The molecule has 0 fully saturated rings. The Hall–Kier alpha value is -3.32. The van der Waals surface area contributed by atoms with Crippen molar-refractivity contribution < 1.29 is 39.3 Å². The molecule has 194 valence electrons. The highest BCUT2D eigenvalue weighted by Crippen LogP contribution is 2.12. The fourth-order valence-electron chi connectivity index (χ4n) is 2.96. The van der Waals surface area contributed by atoms with Gasteiger partial charge in [0.05, 0.1) is 6.04 Å². The fourth-order valence-corrected chi connectivity index (χ4v) is 3.43. The van der Waals surface area contributed by atoms with Crippen LogP contribution in [0.15, 0.2) is 24.3 Å². The van der Waals surface area contributed by atoms with Crippen LogP contribution in [0.2, 0.25) is 0 Å². The van der Waals surface area contributed by atoms with Crippen LogP contribution in [0.1, 0.15) is 31.7 Å². The number of rotatable bonds is 15. The Morgan fingerprint density at radius 1 is 0.886 bits per heavy atom. The lowest BCUT2D eigenvalue weighted by Gasteiger charge is -2.24. The van der Waals surface area contributed by atoms with Gasteiger partial charge in [0.25, 0.3) is 0 Å². The molecule has 0 heterocycles. The number of aliphatic carboxylic acids is 2. The predicted molar refractivity (Wildman–Crippen MR) is 129 cm³/mol. The summed E-state index contributed by atoms with van der Waals surface area (Å²) >= 11 is 1.41. The van der Waals surface area contributed by atoms with E-state index < -0.39 is 60.2 Å². The van der Waals surface area contributed by atoms with Gasteiger partial charge in [0.2, 0.25) is 17.7 Å². The number of amides is 3. The van der Waals surface area contributed by atoms with E-state index in [1.165, 1.54) is 43.0 Å². The number of phenols is 1. The molecule has 12 nitrogen and oxygen atoms in total. The molecule has 1 aromatic rings. The van der Waals surface area contributed by atoms with E-state index in [4.69, 9.17) is 10.8 Å². The molecular formula is C22H32N4O8S. The summed E-state index contributed by atoms with van der Waals surface area (Å²) in [6.45, 7) is 1.40. The summed E-state index contributed by atoms with van der Waals surface area (Å²) in [4.78, 5) is 60.5. The minimum atomic E-state index is -1.30. The Balaban J connectivity index is 2.98. The van der Waals surface area contributed by atoms with Gasteiger partial charge in [-0.15, -0.1) is 0 Å². The van der Waals surface area contributed by atoms with Gasteiger partial charge in [-0.1, -0.05) is 12.1 Å². The maximum atomic E-state index is 12.9. The molecule has 1 aromatic carbocycles. The van der Waals surface area contributed by atoms with Crippen molar-refractivity contribution in [3.63, 3.8) is 0 Å². The third-order valence-electron chi connectivity index (χ3n) is 4.93. The Bertz CT molecular complexity index is 894. The first kappa shape index (κ1) is 29.7. The lowest BCUT2D eigenvalue weighted by Crippen LogP contribution is -2.57. The van der Waals surface area contributed by atoms with Gasteiger partial charge in [-0.2, -0.15) is 11.8 Å². The van der Waals surface area contributed by atoms with E-state index in [9.17, 15) is 34.2 Å². The zero-order valence-corrected chi connectivity index (χ0v) is 20.3. The second-order valence-electron chi connectivity index (χ2n) is 7.89. The molecule has 0 saturated heterocycles. The predicted octanol–water partition coefficient (Wildman–Crippen LogP) is -0.561. The quantitative estimate of drug-likeness (QED) is 0.159. The van der Waals surface area contributed by atoms with Crippen molar-refractivity contribution in [3.8, 4) is 5.75 Å². The summed E-state index contributed by atoms with van der Waals surface area (Å²) < 4.78 is 0. The number of carboxylic acid groups (broad SMARTS) is 2. The van der Waals surface area contributed by atoms with Crippen molar-refractivity contribution in [1.82, 2.24) is 16.0 Å². The van der Waals surface area contributed by atoms with E-state index in [1.807, 2.05) is 0 Å². The van der Waals surface area contributed by atoms with Gasteiger partial charge in [-0.25, -0.2) is 4.79 Å². The number of nitrogens with two attached hydrogens (primary N) is 1. The molecule has 13 heteroatoms. The number of nitrogens with one attached hydrogen (secondary N) is 3. The molecule has 0 saturated carbocycles. The Kier molecular flexibility index (Phi) is 12.6. The number of carbonyl (C=O) groups excluding carboxylic acids is 3. The lowest BCUT2D eigenvalue weighted by atomic mass is 10.0. The highest BCUT2D eigenvalue weighted by atomic mass is 32.2. The maximum Gasteiger partial charge on any atom is 0.326 e. The van der Waals surface area contributed by atoms with Gasteiger partial charge in [0.1, 0.15) is 23.9 Å². The molecule has 35 heavy (non-hydrogen) atoms. The second kappa shape index (κ2) is 14.8. The minimum Gasteiger partial charge on any atom is -0.508 e. The molecule has 0 spiro atoms. The van der Waals surface area contributed by atoms with Crippen LogP contribution in [-0.4, -0.2) is 81.2 Å². The van der Waals surface area contributed by atoms with E-state index in [0.717, 1.165) is 0 Å². The van der Waals surface area contributed by atoms with Crippen LogP contribution < -0.4 is 21.7 Å². The Morgan fingerprint density at radius 2 is 1.40 bits per heavy atom. The van der Waals surface area contributed by atoms with Crippen LogP contribution in [0, 0.1) is 0 Å². The minimum absolute atomic E-state index is 0.0121. The first-order chi connectivity index (χ1) is 16.4. The van der Waals surface area contributed by atoms with Crippen LogP contribution in [0.5, 0.6) is 5.75 Å². The van der Waals surface area contributed by atoms with Gasteiger partial charge in [0.15, 0.2) is 0 Å². The van der Waals surface area contributed by atoms with E-state index in [1.54, 1.807) is 6.26 Å². The van der Waals surface area contributed by atoms with E-state index in [2.05, 4.69) is 16.0 Å². The topological polar surface area (TPSA) is 208 Å². The zero-order chi connectivity index (χ0) is 26.5. The molecule has 0 aliphatic carbocycles. The zero-order valence-electron chi connectivity index (χ0n) is 19.5.